The van der Waals surface area contributed by atoms with Crippen LogP contribution in [0.1, 0.15) is 35.1 Å². The SMILES string of the molecule is COc1cc2nn(C3CC(C=O)C3)cc2cc1NC(=O)c1cccc(C(F)(F)F)n1. The maximum Gasteiger partial charge on any atom is 0.433 e. The summed E-state index contributed by atoms with van der Waals surface area (Å²) in [5.74, 6) is -0.432. The van der Waals surface area contributed by atoms with Crippen LogP contribution in [-0.4, -0.2) is 34.1 Å². The minimum Gasteiger partial charge on any atom is -0.494 e. The molecular formula is C20H17F3N4O3. The molecule has 0 saturated heterocycles. The van der Waals surface area contributed by atoms with E-state index in [4.69, 9.17) is 4.74 Å². The molecule has 0 aliphatic heterocycles. The summed E-state index contributed by atoms with van der Waals surface area (Å²) in [6.45, 7) is 0. The van der Waals surface area contributed by atoms with Crippen LogP contribution in [0.15, 0.2) is 36.5 Å². The Bertz CT molecular complexity index is 1120. The molecule has 0 spiro atoms. The van der Waals surface area contributed by atoms with Crippen molar-refractivity contribution in [1.82, 2.24) is 14.8 Å². The van der Waals surface area contributed by atoms with E-state index in [1.54, 1.807) is 23.0 Å². The van der Waals surface area contributed by atoms with Gasteiger partial charge in [0, 0.05) is 23.6 Å². The van der Waals surface area contributed by atoms with Crippen molar-refractivity contribution < 1.29 is 27.5 Å². The van der Waals surface area contributed by atoms with E-state index in [0.717, 1.165) is 36.6 Å². The van der Waals surface area contributed by atoms with Crippen LogP contribution in [0.5, 0.6) is 5.75 Å². The monoisotopic (exact) mass is 418 g/mol. The largest absolute Gasteiger partial charge is 0.494 e. The van der Waals surface area contributed by atoms with Gasteiger partial charge in [0.2, 0.25) is 0 Å². The molecule has 0 atom stereocenters. The van der Waals surface area contributed by atoms with E-state index >= 15 is 0 Å². The molecule has 1 aliphatic carbocycles. The Morgan fingerprint density at radius 3 is 2.73 bits per heavy atom. The lowest BCUT2D eigenvalue weighted by Gasteiger charge is -2.31. The summed E-state index contributed by atoms with van der Waals surface area (Å²) < 4.78 is 45.7. The summed E-state index contributed by atoms with van der Waals surface area (Å²) in [5, 5.41) is 7.77. The molecule has 0 radical (unpaired) electrons. The number of nitrogens with zero attached hydrogens (tertiary/aromatic N) is 3. The van der Waals surface area contributed by atoms with Crippen LogP contribution in [-0.2, 0) is 11.0 Å². The van der Waals surface area contributed by atoms with Gasteiger partial charge in [-0.05, 0) is 31.0 Å². The molecule has 156 valence electrons. The maximum atomic E-state index is 12.9. The first-order valence-corrected chi connectivity index (χ1v) is 9.16. The number of pyridine rings is 1. The summed E-state index contributed by atoms with van der Waals surface area (Å²) in [7, 11) is 1.41. The van der Waals surface area contributed by atoms with Gasteiger partial charge in [0.15, 0.2) is 0 Å². The van der Waals surface area contributed by atoms with Crippen molar-refractivity contribution in [2.24, 2.45) is 5.92 Å². The second-order valence-corrected chi connectivity index (χ2v) is 7.10. The molecule has 1 N–H and O–H groups in total. The highest BCUT2D eigenvalue weighted by molar-refractivity contribution is 6.05. The van der Waals surface area contributed by atoms with Crippen LogP contribution in [0.2, 0.25) is 0 Å². The van der Waals surface area contributed by atoms with Gasteiger partial charge in [0.1, 0.15) is 23.4 Å². The van der Waals surface area contributed by atoms with Crippen molar-refractivity contribution in [1.29, 1.82) is 0 Å². The summed E-state index contributed by atoms with van der Waals surface area (Å²) in [4.78, 5) is 26.7. The lowest BCUT2D eigenvalue weighted by Crippen LogP contribution is -2.27. The molecule has 1 amide bonds. The van der Waals surface area contributed by atoms with Gasteiger partial charge in [0.25, 0.3) is 5.91 Å². The number of nitrogens with one attached hydrogen (secondary N) is 1. The quantitative estimate of drug-likeness (QED) is 0.636. The molecule has 4 rings (SSSR count). The van der Waals surface area contributed by atoms with Gasteiger partial charge in [-0.3, -0.25) is 9.48 Å². The number of methoxy groups -OCH3 is 1. The fourth-order valence-electron chi connectivity index (χ4n) is 3.39. The fourth-order valence-corrected chi connectivity index (χ4v) is 3.39. The average Bonchev–Trinajstić information content (AvgIpc) is 3.08. The third kappa shape index (κ3) is 3.72. The van der Waals surface area contributed by atoms with Crippen molar-refractivity contribution in [3.8, 4) is 5.75 Å². The molecule has 1 aliphatic rings. The number of carbonyl (C=O) groups excluding carboxylic acids is 2. The second kappa shape index (κ2) is 7.43. The number of aldehydes is 1. The molecule has 30 heavy (non-hydrogen) atoms. The van der Waals surface area contributed by atoms with E-state index in [0.29, 0.717) is 11.3 Å². The van der Waals surface area contributed by atoms with Gasteiger partial charge < -0.3 is 14.8 Å². The Balaban J connectivity index is 1.60. The van der Waals surface area contributed by atoms with E-state index in [-0.39, 0.29) is 23.3 Å². The minimum atomic E-state index is -4.65. The maximum absolute atomic E-state index is 12.9. The lowest BCUT2D eigenvalue weighted by atomic mass is 9.81. The fraction of sp³-hybridized carbons (Fsp3) is 0.300. The van der Waals surface area contributed by atoms with Crippen molar-refractivity contribution in [3.05, 3.63) is 47.9 Å². The highest BCUT2D eigenvalue weighted by Crippen LogP contribution is 2.38. The first kappa shape index (κ1) is 19.9. The van der Waals surface area contributed by atoms with E-state index < -0.39 is 17.8 Å². The van der Waals surface area contributed by atoms with E-state index in [2.05, 4.69) is 15.4 Å². The highest BCUT2D eigenvalue weighted by atomic mass is 19.4. The number of anilines is 1. The van der Waals surface area contributed by atoms with E-state index in [1.807, 2.05) is 0 Å². The molecule has 2 heterocycles. The van der Waals surface area contributed by atoms with Crippen LogP contribution in [0.4, 0.5) is 18.9 Å². The third-order valence-corrected chi connectivity index (χ3v) is 5.08. The van der Waals surface area contributed by atoms with Gasteiger partial charge in [-0.1, -0.05) is 6.07 Å². The number of aromatic nitrogens is 3. The summed E-state index contributed by atoms with van der Waals surface area (Å²) in [5.41, 5.74) is -0.588. The van der Waals surface area contributed by atoms with Crippen LogP contribution in [0.25, 0.3) is 10.9 Å². The molecule has 0 unspecified atom stereocenters. The van der Waals surface area contributed by atoms with Crippen molar-refractivity contribution >= 4 is 28.8 Å². The lowest BCUT2D eigenvalue weighted by molar-refractivity contribution is -0.141. The van der Waals surface area contributed by atoms with Crippen LogP contribution in [0.3, 0.4) is 0 Å². The number of rotatable bonds is 5. The molecule has 2 aromatic heterocycles. The third-order valence-electron chi connectivity index (χ3n) is 5.08. The molecule has 1 saturated carbocycles. The van der Waals surface area contributed by atoms with Crippen molar-refractivity contribution in [2.75, 3.05) is 12.4 Å². The van der Waals surface area contributed by atoms with Crippen molar-refractivity contribution in [2.45, 2.75) is 25.1 Å². The Morgan fingerprint density at radius 2 is 2.07 bits per heavy atom. The number of hydrogen-bond donors (Lipinski definition) is 1. The predicted octanol–water partition coefficient (Wildman–Crippen LogP) is 3.86. The molecule has 10 heteroatoms. The zero-order chi connectivity index (χ0) is 21.5. The van der Waals surface area contributed by atoms with Gasteiger partial charge in [-0.15, -0.1) is 0 Å². The molecular weight excluding hydrogens is 401 g/mol. The van der Waals surface area contributed by atoms with Crippen LogP contribution in [0, 0.1) is 5.92 Å². The van der Waals surface area contributed by atoms with E-state index in [9.17, 15) is 22.8 Å². The second-order valence-electron chi connectivity index (χ2n) is 7.10. The van der Waals surface area contributed by atoms with Crippen molar-refractivity contribution in [3.63, 3.8) is 0 Å². The van der Waals surface area contributed by atoms with E-state index in [1.165, 1.54) is 13.2 Å². The minimum absolute atomic E-state index is 0.0478. The Kier molecular flexibility index (Phi) is 4.92. The summed E-state index contributed by atoms with van der Waals surface area (Å²) in [6, 6.07) is 6.53. The highest BCUT2D eigenvalue weighted by Gasteiger charge is 2.33. The number of halogens is 3. The number of hydrogen-bond acceptors (Lipinski definition) is 5. The molecule has 7 nitrogen and oxygen atoms in total. The Labute approximate surface area is 168 Å². The predicted molar refractivity (Wildman–Crippen MR) is 101 cm³/mol. The first-order chi connectivity index (χ1) is 14.3. The van der Waals surface area contributed by atoms with Gasteiger partial charge in [-0.2, -0.15) is 18.3 Å². The first-order valence-electron chi connectivity index (χ1n) is 9.16. The standard InChI is InChI=1S/C20H17F3N4O3/c1-30-17-8-15-12(9-27(26-15)13-5-11(6-13)10-28)7-16(17)25-19(29)14-3-2-4-18(24-14)20(21,22)23/h2-4,7-11,13H,5-6H2,1H3,(H,25,29). The number of ether oxygens (including phenoxy) is 1. The molecule has 3 aromatic rings. The van der Waals surface area contributed by atoms with Gasteiger partial charge in [0.05, 0.1) is 24.4 Å². The van der Waals surface area contributed by atoms with Crippen LogP contribution < -0.4 is 10.1 Å². The zero-order valence-electron chi connectivity index (χ0n) is 15.8. The topological polar surface area (TPSA) is 86.1 Å². The molecule has 0 bridgehead atoms. The molecule has 1 aromatic carbocycles. The van der Waals surface area contributed by atoms with Gasteiger partial charge in [-0.25, -0.2) is 4.98 Å². The zero-order valence-corrected chi connectivity index (χ0v) is 15.8. The number of fused-ring (bicyclic) bond motifs is 1. The number of amides is 1. The Morgan fingerprint density at radius 1 is 1.30 bits per heavy atom. The Hall–Kier alpha value is -3.43. The number of benzene rings is 1. The summed E-state index contributed by atoms with van der Waals surface area (Å²) in [6.07, 6.45) is -0.457. The smallest absolute Gasteiger partial charge is 0.433 e. The van der Waals surface area contributed by atoms with Gasteiger partial charge >= 0.3 is 6.18 Å². The summed E-state index contributed by atoms with van der Waals surface area (Å²) >= 11 is 0. The number of alkyl halides is 3. The molecule has 1 fully saturated rings. The normalized spacial score (nSPS) is 18.7. The van der Waals surface area contributed by atoms with Crippen LogP contribution >= 0.6 is 0 Å². The number of carbonyl (C=O) groups is 2. The average molecular weight is 418 g/mol.